The Morgan fingerprint density at radius 2 is 2.22 bits per heavy atom. The summed E-state index contributed by atoms with van der Waals surface area (Å²) in [6.07, 6.45) is 9.64. The van der Waals surface area contributed by atoms with Crippen LogP contribution in [0.3, 0.4) is 0 Å². The van der Waals surface area contributed by atoms with Gasteiger partial charge in [0.25, 0.3) is 0 Å². The van der Waals surface area contributed by atoms with E-state index in [1.807, 2.05) is 12.3 Å². The van der Waals surface area contributed by atoms with Crippen LogP contribution in [0.4, 0.5) is 0 Å². The van der Waals surface area contributed by atoms with Gasteiger partial charge in [-0.15, -0.1) is 0 Å². The maximum absolute atomic E-state index is 11.5. The molecule has 1 fully saturated rings. The van der Waals surface area contributed by atoms with Crippen molar-refractivity contribution >= 4 is 5.97 Å². The smallest absolute Gasteiger partial charge is 0.356 e. The number of rotatable bonds is 4. The Balaban J connectivity index is 1.77. The molecule has 0 radical (unpaired) electrons. The molecule has 2 aliphatic carbocycles. The Morgan fingerprint density at radius 1 is 1.39 bits per heavy atom. The highest BCUT2D eigenvalue weighted by Crippen LogP contribution is 2.41. The van der Waals surface area contributed by atoms with Gasteiger partial charge in [0.05, 0.1) is 7.11 Å². The first-order chi connectivity index (χ1) is 8.78. The monoisotopic (exact) mass is 245 g/mol. The molecule has 1 aromatic rings. The molecule has 0 spiro atoms. The van der Waals surface area contributed by atoms with Crippen LogP contribution in [0, 0.1) is 5.92 Å². The third kappa shape index (κ3) is 2.26. The summed E-state index contributed by atoms with van der Waals surface area (Å²) in [4.78, 5) is 15.7. The molecule has 3 heteroatoms. The predicted molar refractivity (Wildman–Crippen MR) is 68.6 cm³/mol. The van der Waals surface area contributed by atoms with Gasteiger partial charge in [0.15, 0.2) is 0 Å². The SMILES string of the molecule is COC(=O)c1cc2c(cn1)CC[C@H]2CCC1CC1. The Morgan fingerprint density at radius 3 is 2.94 bits per heavy atom. The van der Waals surface area contributed by atoms with Crippen LogP contribution in [0.1, 0.15) is 59.6 Å². The molecule has 0 bridgehead atoms. The maximum atomic E-state index is 11.5. The highest BCUT2D eigenvalue weighted by atomic mass is 16.5. The minimum absolute atomic E-state index is 0.328. The molecule has 0 aromatic carbocycles. The molecule has 2 aliphatic rings. The van der Waals surface area contributed by atoms with Gasteiger partial charge in [-0.2, -0.15) is 0 Å². The van der Waals surface area contributed by atoms with Gasteiger partial charge >= 0.3 is 5.97 Å². The molecule has 1 atom stereocenters. The van der Waals surface area contributed by atoms with Crippen LogP contribution in [0.25, 0.3) is 0 Å². The van der Waals surface area contributed by atoms with Crippen LogP contribution >= 0.6 is 0 Å². The zero-order valence-electron chi connectivity index (χ0n) is 10.8. The molecule has 0 unspecified atom stereocenters. The van der Waals surface area contributed by atoms with Crippen LogP contribution in [0.15, 0.2) is 12.3 Å². The summed E-state index contributed by atoms with van der Waals surface area (Å²) in [5.41, 5.74) is 3.11. The van der Waals surface area contributed by atoms with Crippen LogP contribution in [-0.2, 0) is 11.2 Å². The summed E-state index contributed by atoms with van der Waals surface area (Å²) in [5, 5.41) is 0. The number of aromatic nitrogens is 1. The van der Waals surface area contributed by atoms with Crippen molar-refractivity contribution in [2.75, 3.05) is 7.11 Å². The summed E-state index contributed by atoms with van der Waals surface area (Å²) in [5.74, 6) is 1.29. The van der Waals surface area contributed by atoms with Crippen molar-refractivity contribution in [1.29, 1.82) is 0 Å². The second-order valence-electron chi connectivity index (χ2n) is 5.52. The van der Waals surface area contributed by atoms with Gasteiger partial charge in [-0.25, -0.2) is 9.78 Å². The molecule has 1 heterocycles. The third-order valence-corrected chi connectivity index (χ3v) is 4.24. The Bertz CT molecular complexity index is 466. The summed E-state index contributed by atoms with van der Waals surface area (Å²) in [7, 11) is 1.40. The molecule has 1 aromatic heterocycles. The summed E-state index contributed by atoms with van der Waals surface area (Å²) < 4.78 is 4.74. The lowest BCUT2D eigenvalue weighted by Gasteiger charge is -2.11. The molecule has 0 aliphatic heterocycles. The number of nitrogens with zero attached hydrogens (tertiary/aromatic N) is 1. The minimum Gasteiger partial charge on any atom is -0.464 e. The average molecular weight is 245 g/mol. The van der Waals surface area contributed by atoms with Gasteiger partial charge < -0.3 is 4.74 Å². The van der Waals surface area contributed by atoms with Crippen LogP contribution in [0.2, 0.25) is 0 Å². The molecule has 3 nitrogen and oxygen atoms in total. The fraction of sp³-hybridized carbons (Fsp3) is 0.600. The van der Waals surface area contributed by atoms with E-state index >= 15 is 0 Å². The number of aryl methyl sites for hydroxylation is 1. The average Bonchev–Trinajstić information content (AvgIpc) is 3.15. The maximum Gasteiger partial charge on any atom is 0.356 e. The van der Waals surface area contributed by atoms with E-state index in [0.717, 1.165) is 12.3 Å². The number of methoxy groups -OCH3 is 1. The van der Waals surface area contributed by atoms with Crippen molar-refractivity contribution in [3.8, 4) is 0 Å². The van der Waals surface area contributed by atoms with E-state index in [4.69, 9.17) is 4.74 Å². The lowest BCUT2D eigenvalue weighted by atomic mass is 9.95. The Hall–Kier alpha value is -1.38. The Labute approximate surface area is 108 Å². The number of carbonyl (C=O) groups excluding carboxylic acids is 1. The van der Waals surface area contributed by atoms with Gasteiger partial charge in [0.1, 0.15) is 5.69 Å². The first kappa shape index (κ1) is 11.7. The molecule has 18 heavy (non-hydrogen) atoms. The summed E-state index contributed by atoms with van der Waals surface area (Å²) in [6.45, 7) is 0. The summed E-state index contributed by atoms with van der Waals surface area (Å²) >= 11 is 0. The van der Waals surface area contributed by atoms with E-state index in [1.165, 1.54) is 50.3 Å². The normalized spacial score (nSPS) is 21.7. The first-order valence-corrected chi connectivity index (χ1v) is 6.85. The van der Waals surface area contributed by atoms with Crippen LogP contribution in [-0.4, -0.2) is 18.1 Å². The molecule has 0 N–H and O–H groups in total. The van der Waals surface area contributed by atoms with Crippen molar-refractivity contribution in [2.24, 2.45) is 5.92 Å². The molecule has 96 valence electrons. The third-order valence-electron chi connectivity index (χ3n) is 4.24. The zero-order valence-corrected chi connectivity index (χ0v) is 10.8. The fourth-order valence-electron chi connectivity index (χ4n) is 2.93. The van der Waals surface area contributed by atoms with Gasteiger partial charge in [-0.3, -0.25) is 0 Å². The lowest BCUT2D eigenvalue weighted by molar-refractivity contribution is 0.0594. The standard InChI is InChI=1S/C15H19NO2/c1-18-15(17)14-8-13-11(5-4-10-2-3-10)6-7-12(13)9-16-14/h8-11H,2-7H2,1H3/t11-/m1/s1. The molecule has 0 amide bonds. The largest absolute Gasteiger partial charge is 0.464 e. The van der Waals surface area contributed by atoms with Crippen molar-refractivity contribution in [1.82, 2.24) is 4.98 Å². The minimum atomic E-state index is -0.328. The molecule has 0 saturated heterocycles. The number of pyridine rings is 1. The van der Waals surface area contributed by atoms with Gasteiger partial charge in [-0.05, 0) is 54.7 Å². The molecular formula is C15H19NO2. The number of hydrogen-bond acceptors (Lipinski definition) is 3. The second kappa shape index (κ2) is 4.71. The summed E-state index contributed by atoms with van der Waals surface area (Å²) in [6, 6.07) is 1.95. The van der Waals surface area contributed by atoms with Gasteiger partial charge in [0.2, 0.25) is 0 Å². The predicted octanol–water partition coefficient (Wildman–Crippen LogP) is 3.09. The number of esters is 1. The molecule has 3 rings (SSSR count). The molecular weight excluding hydrogens is 226 g/mol. The Kier molecular flexibility index (Phi) is 3.06. The number of fused-ring (bicyclic) bond motifs is 1. The van der Waals surface area contributed by atoms with Crippen LogP contribution in [0.5, 0.6) is 0 Å². The molecule has 1 saturated carbocycles. The van der Waals surface area contributed by atoms with E-state index < -0.39 is 0 Å². The van der Waals surface area contributed by atoms with Crippen molar-refractivity contribution in [2.45, 2.75) is 44.4 Å². The fourth-order valence-corrected chi connectivity index (χ4v) is 2.93. The lowest BCUT2D eigenvalue weighted by Crippen LogP contribution is -2.06. The topological polar surface area (TPSA) is 39.2 Å². The van der Waals surface area contributed by atoms with E-state index in [9.17, 15) is 4.79 Å². The number of hydrogen-bond donors (Lipinski definition) is 0. The highest BCUT2D eigenvalue weighted by molar-refractivity contribution is 5.87. The van der Waals surface area contributed by atoms with Gasteiger partial charge in [0, 0.05) is 6.20 Å². The van der Waals surface area contributed by atoms with Crippen molar-refractivity contribution in [3.05, 3.63) is 29.1 Å². The van der Waals surface area contributed by atoms with E-state index in [0.29, 0.717) is 11.6 Å². The van der Waals surface area contributed by atoms with Crippen molar-refractivity contribution in [3.63, 3.8) is 0 Å². The van der Waals surface area contributed by atoms with E-state index in [2.05, 4.69) is 4.98 Å². The zero-order chi connectivity index (χ0) is 12.5. The van der Waals surface area contributed by atoms with Crippen molar-refractivity contribution < 1.29 is 9.53 Å². The quantitative estimate of drug-likeness (QED) is 0.765. The van der Waals surface area contributed by atoms with Crippen LogP contribution < -0.4 is 0 Å². The first-order valence-electron chi connectivity index (χ1n) is 6.85. The second-order valence-corrected chi connectivity index (χ2v) is 5.52. The van der Waals surface area contributed by atoms with E-state index in [1.54, 1.807) is 0 Å². The highest BCUT2D eigenvalue weighted by Gasteiger charge is 2.27. The van der Waals surface area contributed by atoms with Gasteiger partial charge in [-0.1, -0.05) is 12.8 Å². The number of carbonyl (C=O) groups is 1. The number of ether oxygens (including phenoxy) is 1. The van der Waals surface area contributed by atoms with E-state index in [-0.39, 0.29) is 5.97 Å².